The van der Waals surface area contributed by atoms with Crippen molar-refractivity contribution in [3.05, 3.63) is 89.5 Å². The van der Waals surface area contributed by atoms with Crippen LogP contribution in [-0.2, 0) is 14.3 Å². The van der Waals surface area contributed by atoms with Gasteiger partial charge in [-0.05, 0) is 42.8 Å². The molecule has 2 aliphatic heterocycles. The molecule has 0 saturated carbocycles. The third-order valence-electron chi connectivity index (χ3n) is 7.65. The van der Waals surface area contributed by atoms with Crippen LogP contribution in [0.5, 0.6) is 17.2 Å². The number of hydrogen-bond donors (Lipinski definition) is 0. The Hall–Kier alpha value is -3.08. The van der Waals surface area contributed by atoms with Gasteiger partial charge in [-0.3, -0.25) is 9.69 Å². The molecule has 3 aromatic rings. The van der Waals surface area contributed by atoms with E-state index in [1.54, 1.807) is 12.1 Å². The number of esters is 2. The number of piperazine rings is 1. The summed E-state index contributed by atoms with van der Waals surface area (Å²) >= 11 is 0. The Bertz CT molecular complexity index is 1350. The van der Waals surface area contributed by atoms with Crippen LogP contribution >= 0.6 is 24.8 Å². The van der Waals surface area contributed by atoms with E-state index >= 15 is 0 Å². The maximum Gasteiger partial charge on any atom is 0.338 e. The van der Waals surface area contributed by atoms with E-state index in [1.807, 2.05) is 60.7 Å². The zero-order valence-corrected chi connectivity index (χ0v) is 28.9. The van der Waals surface area contributed by atoms with Crippen LogP contribution in [-0.4, -0.2) is 88.5 Å². The van der Waals surface area contributed by atoms with E-state index in [2.05, 4.69) is 29.4 Å². The number of hydrogen-bond acceptors (Lipinski definition) is 8. The highest BCUT2D eigenvalue weighted by molar-refractivity contribution is 6.76. The minimum Gasteiger partial charge on any atom is -0.497 e. The Morgan fingerprint density at radius 3 is 1.89 bits per heavy atom. The predicted octanol–water partition coefficient (Wildman–Crippen LogP) is 6.43. The summed E-state index contributed by atoms with van der Waals surface area (Å²) in [6.07, 6.45) is 1.52. The molecule has 11 heteroatoms. The van der Waals surface area contributed by atoms with Crippen molar-refractivity contribution >= 4 is 44.8 Å². The van der Waals surface area contributed by atoms with Gasteiger partial charge in [-0.25, -0.2) is 4.79 Å². The highest BCUT2D eigenvalue weighted by atomic mass is 35.5. The molecule has 0 aliphatic carbocycles. The average Bonchev–Trinajstić information content (AvgIpc) is 3.01. The van der Waals surface area contributed by atoms with Crippen molar-refractivity contribution in [3.63, 3.8) is 0 Å². The lowest BCUT2D eigenvalue weighted by Crippen LogP contribution is -2.47. The lowest BCUT2D eigenvalue weighted by atomic mass is 9.88. The predicted molar refractivity (Wildman–Crippen MR) is 183 cm³/mol. The average molecular weight is 676 g/mol. The van der Waals surface area contributed by atoms with Gasteiger partial charge in [0.05, 0.1) is 26.5 Å². The first-order chi connectivity index (χ1) is 20.8. The highest BCUT2D eigenvalue weighted by Crippen LogP contribution is 2.44. The van der Waals surface area contributed by atoms with Gasteiger partial charge in [-0.1, -0.05) is 56.0 Å². The number of nitrogens with zero attached hydrogens (tertiary/aromatic N) is 2. The monoisotopic (exact) mass is 674 g/mol. The molecule has 0 aromatic heterocycles. The van der Waals surface area contributed by atoms with Crippen LogP contribution in [0.3, 0.4) is 0 Å². The Labute approximate surface area is 279 Å². The van der Waals surface area contributed by atoms with E-state index in [1.165, 1.54) is 0 Å². The molecule has 244 valence electrons. The van der Waals surface area contributed by atoms with Crippen molar-refractivity contribution in [2.75, 3.05) is 58.7 Å². The number of carbonyl (C=O) groups excluding carboxylic acids is 2. The van der Waals surface area contributed by atoms with E-state index in [9.17, 15) is 9.59 Å². The molecule has 5 rings (SSSR count). The lowest BCUT2D eigenvalue weighted by molar-refractivity contribution is -0.144. The van der Waals surface area contributed by atoms with Gasteiger partial charge >= 0.3 is 11.9 Å². The molecule has 45 heavy (non-hydrogen) atoms. The second kappa shape index (κ2) is 17.0. The topological polar surface area (TPSA) is 77.5 Å². The summed E-state index contributed by atoms with van der Waals surface area (Å²) in [5.41, 5.74) is 2.22. The van der Waals surface area contributed by atoms with Crippen molar-refractivity contribution < 1.29 is 28.5 Å². The number of rotatable bonds is 12. The van der Waals surface area contributed by atoms with Crippen LogP contribution in [0.25, 0.3) is 0 Å². The molecule has 3 aromatic carbocycles. The fourth-order valence-corrected chi connectivity index (χ4v) is 5.88. The zero-order valence-electron chi connectivity index (χ0n) is 26.2. The molecule has 0 amide bonds. The zero-order chi connectivity index (χ0) is 30.2. The van der Waals surface area contributed by atoms with E-state index in [4.69, 9.17) is 18.9 Å². The normalized spacial score (nSPS) is 14.9. The van der Waals surface area contributed by atoms with Gasteiger partial charge in [-0.2, -0.15) is 0 Å². The quantitative estimate of drug-likeness (QED) is 0.124. The van der Waals surface area contributed by atoms with Crippen LogP contribution in [0, 0.1) is 0 Å². The van der Waals surface area contributed by atoms with Crippen LogP contribution in [0.15, 0.2) is 72.8 Å². The second-order valence-corrected chi connectivity index (χ2v) is 17.7. The lowest BCUT2D eigenvalue weighted by Gasteiger charge is -2.34. The molecule has 0 unspecified atom stereocenters. The molecule has 0 bridgehead atoms. The first-order valence-electron chi connectivity index (χ1n) is 15.1. The van der Waals surface area contributed by atoms with Gasteiger partial charge < -0.3 is 23.8 Å². The summed E-state index contributed by atoms with van der Waals surface area (Å²) in [6.45, 7) is 12.8. The highest BCUT2D eigenvalue weighted by Gasteiger charge is 2.33. The van der Waals surface area contributed by atoms with Crippen LogP contribution in [0.2, 0.25) is 19.6 Å². The molecule has 0 radical (unpaired) electrons. The summed E-state index contributed by atoms with van der Waals surface area (Å²) < 4.78 is 23.1. The maximum absolute atomic E-state index is 13.2. The Kier molecular flexibility index (Phi) is 13.8. The molecule has 1 saturated heterocycles. The number of halogens is 2. The largest absolute Gasteiger partial charge is 0.497 e. The van der Waals surface area contributed by atoms with Gasteiger partial charge in [0.15, 0.2) is 0 Å². The number of para-hydroxylation sites is 2. The van der Waals surface area contributed by atoms with Gasteiger partial charge in [0, 0.05) is 50.4 Å². The van der Waals surface area contributed by atoms with Gasteiger partial charge in [0.1, 0.15) is 29.8 Å². The minimum atomic E-state index is -1.30. The third-order valence-corrected chi connectivity index (χ3v) is 8.66. The van der Waals surface area contributed by atoms with Crippen molar-refractivity contribution in [1.82, 2.24) is 9.80 Å². The summed E-state index contributed by atoms with van der Waals surface area (Å²) in [5.74, 6) is 1.16. The number of carbonyl (C=O) groups is 2. The van der Waals surface area contributed by atoms with Crippen molar-refractivity contribution in [2.24, 2.45) is 0 Å². The fraction of sp³-hybridized carbons (Fsp3) is 0.412. The number of fused-ring (bicyclic) bond motifs is 2. The molecule has 2 aliphatic rings. The van der Waals surface area contributed by atoms with Gasteiger partial charge in [0.2, 0.25) is 0 Å². The minimum absolute atomic E-state index is 0. The first-order valence-corrected chi connectivity index (χ1v) is 18.8. The Morgan fingerprint density at radius 2 is 1.31 bits per heavy atom. The molecule has 0 spiro atoms. The molecular weight excluding hydrogens is 631 g/mol. The molecule has 0 atom stereocenters. The Morgan fingerprint density at radius 1 is 0.756 bits per heavy atom. The fourth-order valence-electron chi connectivity index (χ4n) is 5.28. The number of benzene rings is 3. The van der Waals surface area contributed by atoms with E-state index in [0.29, 0.717) is 36.8 Å². The Balaban J connectivity index is 0.00000276. The van der Waals surface area contributed by atoms with E-state index < -0.39 is 14.0 Å². The maximum atomic E-state index is 13.2. The summed E-state index contributed by atoms with van der Waals surface area (Å²) in [6, 6.07) is 22.5. The van der Waals surface area contributed by atoms with Crippen molar-refractivity contribution in [3.8, 4) is 17.2 Å². The van der Waals surface area contributed by atoms with Crippen LogP contribution in [0.4, 0.5) is 0 Å². The van der Waals surface area contributed by atoms with Crippen molar-refractivity contribution in [2.45, 2.75) is 32.0 Å². The van der Waals surface area contributed by atoms with Crippen molar-refractivity contribution in [1.29, 1.82) is 0 Å². The summed E-state index contributed by atoms with van der Waals surface area (Å²) in [4.78, 5) is 30.4. The molecule has 2 heterocycles. The SMILES string of the molecule is C[Si](C)(C)COc1ccc(C(=O)OCCN2CCN(CCCOC(=O)C3c4ccccc4Oc4ccccc43)CC2)cc1.Cl.Cl. The van der Waals surface area contributed by atoms with E-state index in [0.717, 1.165) is 62.3 Å². The number of ether oxygens (including phenoxy) is 4. The second-order valence-electron chi connectivity index (χ2n) is 12.3. The van der Waals surface area contributed by atoms with Crippen LogP contribution in [0.1, 0.15) is 33.8 Å². The third kappa shape index (κ3) is 10.2. The van der Waals surface area contributed by atoms with E-state index in [-0.39, 0.29) is 36.8 Å². The standard InChI is InChI=1S/C34H42N2O6Si.2ClH/c1-43(2,3)25-41-27-15-13-26(14-16-27)33(37)40-24-22-36-20-18-35(19-21-36)17-8-23-39-34(38)32-28-9-4-6-11-30(28)42-31-12-7-5-10-29(31)32;;/h4-7,9-16,32H,8,17-25H2,1-3H3;2*1H. The van der Waals surface area contributed by atoms with Crippen LogP contribution < -0.4 is 9.47 Å². The smallest absolute Gasteiger partial charge is 0.338 e. The summed E-state index contributed by atoms with van der Waals surface area (Å²) in [7, 11) is -1.30. The summed E-state index contributed by atoms with van der Waals surface area (Å²) in [5, 5.41) is 0. The van der Waals surface area contributed by atoms with Gasteiger partial charge in [0.25, 0.3) is 0 Å². The molecule has 8 nitrogen and oxygen atoms in total. The van der Waals surface area contributed by atoms with Gasteiger partial charge in [-0.15, -0.1) is 24.8 Å². The molecule has 1 fully saturated rings. The molecular formula is C34H44Cl2N2O6Si. The molecule has 0 N–H and O–H groups in total. The first kappa shape index (κ1) is 36.4.